The summed E-state index contributed by atoms with van der Waals surface area (Å²) in [6, 6.07) is 12.1. The first-order chi connectivity index (χ1) is 17.5. The molecule has 0 aliphatic carbocycles. The van der Waals surface area contributed by atoms with E-state index in [1.165, 1.54) is 12.1 Å². The van der Waals surface area contributed by atoms with Crippen LogP contribution in [0.25, 0.3) is 0 Å². The van der Waals surface area contributed by atoms with Crippen molar-refractivity contribution in [2.45, 2.75) is 37.6 Å². The van der Waals surface area contributed by atoms with E-state index >= 15 is 0 Å². The lowest BCUT2D eigenvalue weighted by Gasteiger charge is -2.42. The van der Waals surface area contributed by atoms with Gasteiger partial charge in [-0.05, 0) is 80.7 Å². The lowest BCUT2D eigenvalue weighted by atomic mass is 9.64. The van der Waals surface area contributed by atoms with Gasteiger partial charge in [-0.15, -0.1) is 0 Å². The van der Waals surface area contributed by atoms with E-state index in [0.717, 1.165) is 43.5 Å². The molecule has 2 aliphatic rings. The molecule has 2 fully saturated rings. The molecule has 0 radical (unpaired) electrons. The number of aliphatic carboxylic acids is 2. The molecule has 37 heavy (non-hydrogen) atoms. The van der Waals surface area contributed by atoms with E-state index in [-0.39, 0.29) is 29.1 Å². The molecule has 2 aromatic carbocycles. The number of carbonyl (C=O) groups is 3. The van der Waals surface area contributed by atoms with Gasteiger partial charge in [0, 0.05) is 40.1 Å². The van der Waals surface area contributed by atoms with Crippen molar-refractivity contribution in [1.29, 1.82) is 0 Å². The van der Waals surface area contributed by atoms with E-state index in [1.807, 2.05) is 36.1 Å². The van der Waals surface area contributed by atoms with Crippen molar-refractivity contribution in [3.8, 4) is 0 Å². The zero-order valence-corrected chi connectivity index (χ0v) is 21.8. The van der Waals surface area contributed by atoms with E-state index < -0.39 is 11.9 Å². The third kappa shape index (κ3) is 7.09. The van der Waals surface area contributed by atoms with Crippen LogP contribution in [-0.2, 0) is 19.8 Å². The predicted octanol–water partition coefficient (Wildman–Crippen LogP) is 5.08. The maximum Gasteiger partial charge on any atom is 0.328 e. The minimum atomic E-state index is -1.26. The summed E-state index contributed by atoms with van der Waals surface area (Å²) >= 11 is 12.4. The highest BCUT2D eigenvalue weighted by molar-refractivity contribution is 6.34. The smallest absolute Gasteiger partial charge is 0.328 e. The van der Waals surface area contributed by atoms with Gasteiger partial charge in [-0.2, -0.15) is 0 Å². The third-order valence-electron chi connectivity index (χ3n) is 7.03. The van der Waals surface area contributed by atoms with E-state index in [2.05, 4.69) is 5.32 Å². The van der Waals surface area contributed by atoms with Crippen LogP contribution in [0.3, 0.4) is 0 Å². The Hall–Kier alpha value is -2.94. The fourth-order valence-corrected chi connectivity index (χ4v) is 5.77. The normalized spacial score (nSPS) is 19.8. The van der Waals surface area contributed by atoms with Crippen molar-refractivity contribution >= 4 is 41.0 Å². The number of likely N-dealkylation sites (tertiary alicyclic amines) is 1. The zero-order valence-electron chi connectivity index (χ0n) is 20.3. The molecule has 7 nitrogen and oxygen atoms in total. The molecule has 10 heteroatoms. The second kappa shape index (κ2) is 12.5. The summed E-state index contributed by atoms with van der Waals surface area (Å²) < 4.78 is 13.5. The van der Waals surface area contributed by atoms with Crippen LogP contribution in [-0.4, -0.2) is 52.6 Å². The Morgan fingerprint density at radius 3 is 2.11 bits per heavy atom. The fraction of sp³-hybridized carbons (Fsp3) is 0.370. The van der Waals surface area contributed by atoms with Gasteiger partial charge in [-0.1, -0.05) is 35.3 Å². The second-order valence-corrected chi connectivity index (χ2v) is 10.0. The molecule has 0 saturated carbocycles. The first-order valence-corrected chi connectivity index (χ1v) is 12.7. The van der Waals surface area contributed by atoms with Gasteiger partial charge >= 0.3 is 11.9 Å². The molecule has 4 rings (SSSR count). The van der Waals surface area contributed by atoms with Gasteiger partial charge in [-0.3, -0.25) is 4.79 Å². The van der Waals surface area contributed by atoms with Gasteiger partial charge in [0.25, 0.3) is 0 Å². The third-order valence-corrected chi connectivity index (χ3v) is 7.46. The SMILES string of the molecule is CC(c1cc(Cl)cc(Cl)c1)N1CCC(C2(c3ccc(F)cc3)CCNCC2)C1=O.O=C(O)/C=C/C(=O)O. The Morgan fingerprint density at radius 2 is 1.59 bits per heavy atom. The molecule has 2 aromatic rings. The molecule has 2 heterocycles. The van der Waals surface area contributed by atoms with Crippen LogP contribution in [0.5, 0.6) is 0 Å². The summed E-state index contributed by atoms with van der Waals surface area (Å²) in [4.78, 5) is 34.7. The predicted molar refractivity (Wildman–Crippen MR) is 139 cm³/mol. The van der Waals surface area contributed by atoms with Crippen LogP contribution in [0.2, 0.25) is 10.0 Å². The quantitative estimate of drug-likeness (QED) is 0.433. The van der Waals surface area contributed by atoms with Crippen LogP contribution in [0.1, 0.15) is 43.4 Å². The number of hydrogen-bond acceptors (Lipinski definition) is 4. The van der Waals surface area contributed by atoms with Crippen LogP contribution in [0, 0.1) is 11.7 Å². The van der Waals surface area contributed by atoms with Crippen molar-refractivity contribution < 1.29 is 29.0 Å². The van der Waals surface area contributed by atoms with Crippen LogP contribution < -0.4 is 5.32 Å². The number of carboxylic acids is 2. The Morgan fingerprint density at radius 1 is 1.05 bits per heavy atom. The van der Waals surface area contributed by atoms with Gasteiger partial charge in [0.15, 0.2) is 0 Å². The summed E-state index contributed by atoms with van der Waals surface area (Å²) in [5, 5.41) is 20.2. The Balaban J connectivity index is 0.000000414. The van der Waals surface area contributed by atoms with E-state index in [9.17, 15) is 18.8 Å². The number of hydrogen-bond donors (Lipinski definition) is 3. The van der Waals surface area contributed by atoms with Crippen molar-refractivity contribution in [3.63, 3.8) is 0 Å². The highest BCUT2D eigenvalue weighted by Crippen LogP contribution is 2.46. The number of carboxylic acid groups (broad SMARTS) is 2. The Labute approximate surface area is 224 Å². The van der Waals surface area contributed by atoms with Crippen molar-refractivity contribution in [1.82, 2.24) is 10.2 Å². The highest BCUT2D eigenvalue weighted by atomic mass is 35.5. The lowest BCUT2D eigenvalue weighted by molar-refractivity contribution is -0.135. The topological polar surface area (TPSA) is 107 Å². The number of halogens is 3. The molecule has 2 aliphatic heterocycles. The van der Waals surface area contributed by atoms with Gasteiger partial charge < -0.3 is 20.4 Å². The number of benzene rings is 2. The molecule has 198 valence electrons. The largest absolute Gasteiger partial charge is 0.478 e. The monoisotopic (exact) mass is 550 g/mol. The first-order valence-electron chi connectivity index (χ1n) is 11.9. The summed E-state index contributed by atoms with van der Waals surface area (Å²) in [5.41, 5.74) is 1.76. The number of amides is 1. The van der Waals surface area contributed by atoms with Crippen molar-refractivity contribution in [2.75, 3.05) is 19.6 Å². The maximum atomic E-state index is 13.6. The highest BCUT2D eigenvalue weighted by Gasteiger charge is 2.49. The number of nitrogens with zero attached hydrogens (tertiary/aromatic N) is 1. The van der Waals surface area contributed by atoms with Gasteiger partial charge in [0.05, 0.1) is 6.04 Å². The molecule has 0 bridgehead atoms. The molecule has 1 amide bonds. The zero-order chi connectivity index (χ0) is 27.2. The Bertz CT molecular complexity index is 1130. The van der Waals surface area contributed by atoms with Crippen molar-refractivity contribution in [3.05, 3.63) is 81.6 Å². The number of rotatable bonds is 6. The average molecular weight is 551 g/mol. The number of nitrogens with one attached hydrogen (secondary N) is 1. The molecule has 0 spiro atoms. The van der Waals surface area contributed by atoms with Crippen molar-refractivity contribution in [2.24, 2.45) is 5.92 Å². The van der Waals surface area contributed by atoms with Gasteiger partial charge in [-0.25, -0.2) is 14.0 Å². The molecular weight excluding hydrogens is 522 g/mol. The summed E-state index contributed by atoms with van der Waals surface area (Å²) in [6.07, 6.45) is 3.67. The van der Waals surface area contributed by atoms with E-state index in [1.54, 1.807) is 6.07 Å². The second-order valence-electron chi connectivity index (χ2n) is 9.17. The molecule has 2 saturated heterocycles. The van der Waals surface area contributed by atoms with E-state index in [4.69, 9.17) is 33.4 Å². The molecule has 2 unspecified atom stereocenters. The van der Waals surface area contributed by atoms with Crippen LogP contribution >= 0.6 is 23.2 Å². The van der Waals surface area contributed by atoms with Crippen LogP contribution in [0.4, 0.5) is 4.39 Å². The summed E-state index contributed by atoms with van der Waals surface area (Å²) in [5.74, 6) is -2.70. The molecule has 2 atom stereocenters. The Kier molecular flexibility index (Phi) is 9.70. The first kappa shape index (κ1) is 28.6. The average Bonchev–Trinajstić information content (AvgIpc) is 3.24. The summed E-state index contributed by atoms with van der Waals surface area (Å²) in [6.45, 7) is 4.45. The number of carbonyl (C=O) groups excluding carboxylic acids is 1. The van der Waals surface area contributed by atoms with Crippen LogP contribution in [0.15, 0.2) is 54.6 Å². The standard InChI is InChI=1S/C23H25Cl2FN2O.C4H4O4/c1-15(16-12-18(24)14-19(25)13-16)28-11-6-21(22(28)29)23(7-9-27-10-8-23)17-2-4-20(26)5-3-17;5-3(6)1-2-4(7)8/h2-5,12-15,21,27H,6-11H2,1H3;1-2H,(H,5,6)(H,7,8)/b;2-1+. The molecule has 0 aromatic heterocycles. The lowest BCUT2D eigenvalue weighted by Crippen LogP contribution is -2.48. The maximum absolute atomic E-state index is 13.6. The summed E-state index contributed by atoms with van der Waals surface area (Å²) in [7, 11) is 0. The van der Waals surface area contributed by atoms with Gasteiger partial charge in [0.1, 0.15) is 5.82 Å². The fourth-order valence-electron chi connectivity index (χ4n) is 5.23. The number of piperidine rings is 1. The van der Waals surface area contributed by atoms with Gasteiger partial charge in [0.2, 0.25) is 5.91 Å². The molecular formula is C27H29Cl2FN2O5. The van der Waals surface area contributed by atoms with E-state index in [0.29, 0.717) is 28.7 Å². The molecule has 3 N–H and O–H groups in total. The minimum absolute atomic E-state index is 0.101. The minimum Gasteiger partial charge on any atom is -0.478 e.